The third-order valence-electron chi connectivity index (χ3n) is 7.73. The summed E-state index contributed by atoms with van der Waals surface area (Å²) in [6.07, 6.45) is 7.08. The third-order valence-corrected chi connectivity index (χ3v) is 7.96. The number of carbonyl (C=O) groups is 2. The van der Waals surface area contributed by atoms with Crippen molar-refractivity contribution in [3.05, 3.63) is 29.3 Å². The maximum Gasteiger partial charge on any atom is 0.242 e. The number of benzene rings is 1. The van der Waals surface area contributed by atoms with Crippen LogP contribution in [0.3, 0.4) is 0 Å². The van der Waals surface area contributed by atoms with Gasteiger partial charge in [-0.25, -0.2) is 0 Å². The van der Waals surface area contributed by atoms with Crippen LogP contribution in [0.2, 0.25) is 5.02 Å². The molecule has 5 nitrogen and oxygen atoms in total. The molecule has 1 heterocycles. The molecule has 0 unspecified atom stereocenters. The Balaban J connectivity index is 1.13. The molecule has 0 radical (unpaired) electrons. The van der Waals surface area contributed by atoms with E-state index < -0.39 is 0 Å². The van der Waals surface area contributed by atoms with E-state index in [2.05, 4.69) is 16.3 Å². The largest absolute Gasteiger partial charge is 0.368 e. The minimum absolute atomic E-state index is 0.0359. The molecule has 156 valence electrons. The van der Waals surface area contributed by atoms with E-state index in [1.54, 1.807) is 0 Å². The molecule has 0 spiro atoms. The highest BCUT2D eigenvalue weighted by Crippen LogP contribution is 2.60. The zero-order valence-corrected chi connectivity index (χ0v) is 17.7. The molecule has 4 saturated carbocycles. The van der Waals surface area contributed by atoms with E-state index in [4.69, 9.17) is 11.6 Å². The highest BCUT2D eigenvalue weighted by molar-refractivity contribution is 6.30. The zero-order valence-electron chi connectivity index (χ0n) is 16.9. The van der Waals surface area contributed by atoms with Gasteiger partial charge >= 0.3 is 0 Å². The second kappa shape index (κ2) is 7.50. The van der Waals surface area contributed by atoms with Gasteiger partial charge in [-0.1, -0.05) is 17.7 Å². The summed E-state index contributed by atoms with van der Waals surface area (Å²) in [7, 11) is 0. The molecule has 1 aromatic carbocycles. The van der Waals surface area contributed by atoms with E-state index in [1.165, 1.54) is 19.3 Å². The van der Waals surface area contributed by atoms with Gasteiger partial charge in [-0.2, -0.15) is 0 Å². The van der Waals surface area contributed by atoms with Crippen molar-refractivity contribution in [3.8, 4) is 0 Å². The first-order valence-electron chi connectivity index (χ1n) is 11.1. The second-order valence-electron chi connectivity index (χ2n) is 9.73. The number of halogens is 1. The van der Waals surface area contributed by atoms with Gasteiger partial charge in [0.25, 0.3) is 0 Å². The number of anilines is 1. The summed E-state index contributed by atoms with van der Waals surface area (Å²) in [6.45, 7) is 3.07. The molecule has 0 atom stereocenters. The molecule has 4 bridgehead atoms. The van der Waals surface area contributed by atoms with Gasteiger partial charge in [-0.15, -0.1) is 0 Å². The van der Waals surface area contributed by atoms with E-state index in [9.17, 15) is 9.59 Å². The molecular formula is C23H30ClN3O2. The van der Waals surface area contributed by atoms with Crippen LogP contribution in [0.15, 0.2) is 24.3 Å². The van der Waals surface area contributed by atoms with Crippen molar-refractivity contribution in [2.24, 2.45) is 23.2 Å². The predicted octanol–water partition coefficient (Wildman–Crippen LogP) is 3.32. The molecule has 6 rings (SSSR count). The summed E-state index contributed by atoms with van der Waals surface area (Å²) < 4.78 is 0. The quantitative estimate of drug-likeness (QED) is 0.820. The van der Waals surface area contributed by atoms with Crippen LogP contribution in [-0.2, 0) is 9.59 Å². The van der Waals surface area contributed by atoms with Crippen LogP contribution >= 0.6 is 11.6 Å². The third kappa shape index (κ3) is 3.74. The summed E-state index contributed by atoms with van der Waals surface area (Å²) in [5, 5.41) is 3.76. The van der Waals surface area contributed by atoms with Crippen molar-refractivity contribution in [2.45, 2.75) is 38.5 Å². The molecule has 29 heavy (non-hydrogen) atoms. The van der Waals surface area contributed by atoms with Crippen LogP contribution in [0.5, 0.6) is 0 Å². The number of amides is 2. The Morgan fingerprint density at radius 2 is 1.62 bits per heavy atom. The zero-order chi connectivity index (χ0) is 20.0. The minimum atomic E-state index is -0.180. The van der Waals surface area contributed by atoms with Gasteiger partial charge in [0, 0.05) is 42.3 Å². The fourth-order valence-corrected chi connectivity index (χ4v) is 6.92. The highest BCUT2D eigenvalue weighted by atomic mass is 35.5. The molecule has 1 saturated heterocycles. The van der Waals surface area contributed by atoms with Gasteiger partial charge in [0.2, 0.25) is 11.8 Å². The maximum atomic E-state index is 13.1. The van der Waals surface area contributed by atoms with Crippen LogP contribution in [0, 0.1) is 23.2 Å². The van der Waals surface area contributed by atoms with Gasteiger partial charge in [-0.05, 0) is 74.5 Å². The van der Waals surface area contributed by atoms with Crippen LogP contribution in [0.1, 0.15) is 38.5 Å². The van der Waals surface area contributed by atoms with E-state index in [0.717, 1.165) is 60.8 Å². The fraction of sp³-hybridized carbons (Fsp3) is 0.652. The Labute approximate surface area is 177 Å². The number of nitrogens with one attached hydrogen (secondary N) is 1. The van der Waals surface area contributed by atoms with E-state index >= 15 is 0 Å². The highest BCUT2D eigenvalue weighted by Gasteiger charge is 2.54. The summed E-state index contributed by atoms with van der Waals surface area (Å²) in [5.41, 5.74) is 0.917. The first kappa shape index (κ1) is 19.2. The van der Waals surface area contributed by atoms with Crippen LogP contribution in [0.25, 0.3) is 0 Å². The minimum Gasteiger partial charge on any atom is -0.368 e. The number of nitrogens with zero attached hydrogens (tertiary/aromatic N) is 2. The van der Waals surface area contributed by atoms with Gasteiger partial charge in [0.05, 0.1) is 6.54 Å². The Hall–Kier alpha value is -1.75. The standard InChI is InChI=1S/C23H30ClN3O2/c24-19-2-1-3-20(11-19)26-4-6-27(7-5-26)21(28)15-25-22(29)23-12-16-8-17(13-23)10-18(9-16)14-23/h1-3,11,16-18H,4-10,12-15H2,(H,25,29). The van der Waals surface area contributed by atoms with E-state index in [1.807, 2.05) is 23.1 Å². The van der Waals surface area contributed by atoms with Crippen LogP contribution < -0.4 is 10.2 Å². The van der Waals surface area contributed by atoms with Crippen molar-refractivity contribution < 1.29 is 9.59 Å². The van der Waals surface area contributed by atoms with Crippen LogP contribution in [0.4, 0.5) is 5.69 Å². The van der Waals surface area contributed by atoms with Crippen molar-refractivity contribution in [2.75, 3.05) is 37.6 Å². The van der Waals surface area contributed by atoms with Gasteiger partial charge in [-0.3, -0.25) is 9.59 Å². The van der Waals surface area contributed by atoms with E-state index in [0.29, 0.717) is 13.1 Å². The molecule has 2 amide bonds. The smallest absolute Gasteiger partial charge is 0.242 e. The first-order chi connectivity index (χ1) is 14.0. The molecular weight excluding hydrogens is 386 g/mol. The van der Waals surface area contributed by atoms with Crippen molar-refractivity contribution in [3.63, 3.8) is 0 Å². The lowest BCUT2D eigenvalue weighted by Crippen LogP contribution is -2.56. The monoisotopic (exact) mass is 415 g/mol. The van der Waals surface area contributed by atoms with Crippen molar-refractivity contribution in [1.82, 2.24) is 10.2 Å². The number of piperazine rings is 1. The maximum absolute atomic E-state index is 13.1. The number of rotatable bonds is 4. The summed E-state index contributed by atoms with van der Waals surface area (Å²) in [5.74, 6) is 2.39. The topological polar surface area (TPSA) is 52.7 Å². The molecule has 1 N–H and O–H groups in total. The van der Waals surface area contributed by atoms with Gasteiger partial charge < -0.3 is 15.1 Å². The van der Waals surface area contributed by atoms with Gasteiger partial charge in [0.1, 0.15) is 0 Å². The molecule has 5 aliphatic rings. The molecule has 1 aromatic rings. The lowest BCUT2D eigenvalue weighted by atomic mass is 9.49. The Bertz CT molecular complexity index is 768. The van der Waals surface area contributed by atoms with Gasteiger partial charge in [0.15, 0.2) is 0 Å². The van der Waals surface area contributed by atoms with E-state index in [-0.39, 0.29) is 23.8 Å². The van der Waals surface area contributed by atoms with Crippen molar-refractivity contribution >= 4 is 29.1 Å². The normalized spacial score (nSPS) is 33.1. The summed E-state index contributed by atoms with van der Waals surface area (Å²) in [6, 6.07) is 7.84. The summed E-state index contributed by atoms with van der Waals surface area (Å²) >= 11 is 6.09. The first-order valence-corrected chi connectivity index (χ1v) is 11.5. The average molecular weight is 416 g/mol. The SMILES string of the molecule is O=C(CNC(=O)C12CC3CC(CC(C3)C1)C2)N1CCN(c2cccc(Cl)c2)CC1. The molecule has 5 fully saturated rings. The molecule has 4 aliphatic carbocycles. The fourth-order valence-electron chi connectivity index (χ4n) is 6.73. The second-order valence-corrected chi connectivity index (χ2v) is 10.2. The average Bonchev–Trinajstić information content (AvgIpc) is 2.71. The predicted molar refractivity (Wildman–Crippen MR) is 114 cm³/mol. The Morgan fingerprint density at radius 1 is 1.00 bits per heavy atom. The van der Waals surface area contributed by atoms with Crippen molar-refractivity contribution in [1.29, 1.82) is 0 Å². The Kier molecular flexibility index (Phi) is 4.97. The Morgan fingerprint density at radius 3 is 2.21 bits per heavy atom. The van der Waals surface area contributed by atoms with Crippen LogP contribution in [-0.4, -0.2) is 49.4 Å². The lowest BCUT2D eigenvalue weighted by Gasteiger charge is -2.55. The number of hydrogen-bond acceptors (Lipinski definition) is 3. The molecule has 1 aliphatic heterocycles. The molecule has 6 heteroatoms. The number of hydrogen-bond donors (Lipinski definition) is 1. The lowest BCUT2D eigenvalue weighted by molar-refractivity contribution is -0.148. The summed E-state index contributed by atoms with van der Waals surface area (Å²) in [4.78, 5) is 29.9. The number of carbonyl (C=O) groups excluding carboxylic acids is 2. The molecule has 0 aromatic heterocycles.